The highest BCUT2D eigenvalue weighted by molar-refractivity contribution is 5.75. The summed E-state index contributed by atoms with van der Waals surface area (Å²) in [7, 11) is 1.64. The Morgan fingerprint density at radius 2 is 2.00 bits per heavy atom. The van der Waals surface area contributed by atoms with Crippen LogP contribution in [0.2, 0.25) is 0 Å². The third kappa shape index (κ3) is 9.69. The molecule has 0 aromatic carbocycles. The molecule has 1 amide bonds. The average molecular weight is 216 g/mol. The lowest BCUT2D eigenvalue weighted by molar-refractivity contribution is -0.121. The molecule has 0 spiro atoms. The number of nitrogens with one attached hydrogen (secondary N) is 2. The Morgan fingerprint density at radius 3 is 2.53 bits per heavy atom. The van der Waals surface area contributed by atoms with Gasteiger partial charge in [0.05, 0.1) is 6.10 Å². The first-order valence-corrected chi connectivity index (χ1v) is 5.59. The van der Waals surface area contributed by atoms with E-state index in [1.807, 2.05) is 6.92 Å². The summed E-state index contributed by atoms with van der Waals surface area (Å²) in [4.78, 5) is 11.3. The predicted molar refractivity (Wildman–Crippen MR) is 61.9 cm³/mol. The van der Waals surface area contributed by atoms with Gasteiger partial charge in [-0.05, 0) is 19.9 Å². The summed E-state index contributed by atoms with van der Waals surface area (Å²) in [5, 5.41) is 6.10. The SMILES string of the molecule is COC(C)CNC(=O)CCCNC(C)C. The molecule has 1 atom stereocenters. The summed E-state index contributed by atoms with van der Waals surface area (Å²) < 4.78 is 5.03. The fourth-order valence-corrected chi connectivity index (χ4v) is 1.07. The van der Waals surface area contributed by atoms with Gasteiger partial charge in [0, 0.05) is 26.1 Å². The van der Waals surface area contributed by atoms with E-state index in [1.165, 1.54) is 0 Å². The van der Waals surface area contributed by atoms with Crippen molar-refractivity contribution in [2.75, 3.05) is 20.2 Å². The Kier molecular flexibility index (Phi) is 8.33. The van der Waals surface area contributed by atoms with Crippen molar-refractivity contribution in [3.05, 3.63) is 0 Å². The van der Waals surface area contributed by atoms with Gasteiger partial charge >= 0.3 is 0 Å². The van der Waals surface area contributed by atoms with Crippen LogP contribution in [0.25, 0.3) is 0 Å². The second kappa shape index (κ2) is 8.68. The molecule has 0 aromatic rings. The first kappa shape index (κ1) is 14.4. The van der Waals surface area contributed by atoms with Crippen molar-refractivity contribution >= 4 is 5.91 Å². The molecule has 0 aliphatic rings. The Hall–Kier alpha value is -0.610. The summed E-state index contributed by atoms with van der Waals surface area (Å²) in [6.45, 7) is 7.61. The van der Waals surface area contributed by atoms with E-state index in [0.29, 0.717) is 19.0 Å². The molecule has 1 unspecified atom stereocenters. The van der Waals surface area contributed by atoms with E-state index in [4.69, 9.17) is 4.74 Å². The number of amides is 1. The van der Waals surface area contributed by atoms with E-state index in [2.05, 4.69) is 24.5 Å². The van der Waals surface area contributed by atoms with Gasteiger partial charge in [-0.2, -0.15) is 0 Å². The van der Waals surface area contributed by atoms with Crippen LogP contribution in [0.5, 0.6) is 0 Å². The highest BCUT2D eigenvalue weighted by Crippen LogP contribution is 1.90. The highest BCUT2D eigenvalue weighted by Gasteiger charge is 2.03. The molecule has 0 aliphatic heterocycles. The van der Waals surface area contributed by atoms with Crippen molar-refractivity contribution in [1.82, 2.24) is 10.6 Å². The lowest BCUT2D eigenvalue weighted by Gasteiger charge is -2.11. The predicted octanol–water partition coefficient (Wildman–Crippen LogP) is 0.916. The minimum absolute atomic E-state index is 0.0859. The van der Waals surface area contributed by atoms with Crippen molar-refractivity contribution < 1.29 is 9.53 Å². The maximum Gasteiger partial charge on any atom is 0.220 e. The number of carbonyl (C=O) groups excluding carboxylic acids is 1. The first-order valence-electron chi connectivity index (χ1n) is 5.59. The number of ether oxygens (including phenoxy) is 1. The molecule has 4 nitrogen and oxygen atoms in total. The van der Waals surface area contributed by atoms with Crippen LogP contribution in [0.4, 0.5) is 0 Å². The molecule has 0 fully saturated rings. The Labute approximate surface area is 92.8 Å². The maximum absolute atomic E-state index is 11.3. The van der Waals surface area contributed by atoms with Gasteiger partial charge in [0.25, 0.3) is 0 Å². The monoisotopic (exact) mass is 216 g/mol. The van der Waals surface area contributed by atoms with Gasteiger partial charge in [0.1, 0.15) is 0 Å². The van der Waals surface area contributed by atoms with Crippen LogP contribution in [0.15, 0.2) is 0 Å². The van der Waals surface area contributed by atoms with Gasteiger partial charge < -0.3 is 15.4 Å². The van der Waals surface area contributed by atoms with E-state index in [1.54, 1.807) is 7.11 Å². The van der Waals surface area contributed by atoms with E-state index in [0.717, 1.165) is 13.0 Å². The van der Waals surface area contributed by atoms with Crippen LogP contribution in [-0.2, 0) is 9.53 Å². The summed E-state index contributed by atoms with van der Waals surface area (Å²) in [5.41, 5.74) is 0. The molecule has 15 heavy (non-hydrogen) atoms. The second-order valence-corrected chi connectivity index (χ2v) is 4.06. The molecule has 0 radical (unpaired) electrons. The van der Waals surface area contributed by atoms with Gasteiger partial charge in [-0.1, -0.05) is 13.8 Å². The van der Waals surface area contributed by atoms with E-state index in [-0.39, 0.29) is 12.0 Å². The fourth-order valence-electron chi connectivity index (χ4n) is 1.07. The summed E-state index contributed by atoms with van der Waals surface area (Å²) in [5.74, 6) is 0.101. The summed E-state index contributed by atoms with van der Waals surface area (Å²) >= 11 is 0. The number of hydrogen-bond donors (Lipinski definition) is 2. The van der Waals surface area contributed by atoms with Crippen LogP contribution in [-0.4, -0.2) is 38.3 Å². The van der Waals surface area contributed by atoms with Crippen molar-refractivity contribution in [2.24, 2.45) is 0 Å². The third-order valence-corrected chi connectivity index (χ3v) is 2.12. The fraction of sp³-hybridized carbons (Fsp3) is 0.909. The zero-order valence-corrected chi connectivity index (χ0v) is 10.3. The second-order valence-electron chi connectivity index (χ2n) is 4.06. The standard InChI is InChI=1S/C11H24N2O2/c1-9(2)12-7-5-6-11(14)13-8-10(3)15-4/h9-10,12H,5-8H2,1-4H3,(H,13,14). The number of rotatable bonds is 8. The molecular formula is C11H24N2O2. The molecule has 0 rings (SSSR count). The zero-order valence-electron chi connectivity index (χ0n) is 10.3. The molecule has 0 saturated carbocycles. The summed E-state index contributed by atoms with van der Waals surface area (Å²) in [6.07, 6.45) is 1.55. The van der Waals surface area contributed by atoms with Gasteiger partial charge in [-0.25, -0.2) is 0 Å². The number of carbonyl (C=O) groups is 1. The minimum Gasteiger partial charge on any atom is -0.380 e. The first-order chi connectivity index (χ1) is 7.06. The lowest BCUT2D eigenvalue weighted by atomic mass is 10.2. The van der Waals surface area contributed by atoms with E-state index in [9.17, 15) is 4.79 Å². The van der Waals surface area contributed by atoms with Gasteiger partial charge in [-0.15, -0.1) is 0 Å². The largest absolute Gasteiger partial charge is 0.380 e. The smallest absolute Gasteiger partial charge is 0.220 e. The van der Waals surface area contributed by atoms with Crippen molar-refractivity contribution in [2.45, 2.75) is 45.8 Å². The molecule has 90 valence electrons. The Balaban J connectivity index is 3.34. The average Bonchev–Trinajstić information content (AvgIpc) is 2.20. The zero-order chi connectivity index (χ0) is 11.7. The number of methoxy groups -OCH3 is 1. The Morgan fingerprint density at radius 1 is 1.33 bits per heavy atom. The van der Waals surface area contributed by atoms with Gasteiger partial charge in [0.2, 0.25) is 5.91 Å². The normalized spacial score (nSPS) is 12.9. The Bertz CT molecular complexity index is 172. The molecule has 4 heteroatoms. The van der Waals surface area contributed by atoms with Crippen molar-refractivity contribution in [3.63, 3.8) is 0 Å². The minimum atomic E-state index is 0.0859. The molecule has 0 bridgehead atoms. The molecule has 0 heterocycles. The van der Waals surface area contributed by atoms with Crippen molar-refractivity contribution in [1.29, 1.82) is 0 Å². The van der Waals surface area contributed by atoms with E-state index < -0.39 is 0 Å². The molecule has 0 saturated heterocycles. The van der Waals surface area contributed by atoms with E-state index >= 15 is 0 Å². The quantitative estimate of drug-likeness (QED) is 0.593. The number of hydrogen-bond acceptors (Lipinski definition) is 3. The van der Waals surface area contributed by atoms with Crippen LogP contribution >= 0.6 is 0 Å². The molecular weight excluding hydrogens is 192 g/mol. The third-order valence-electron chi connectivity index (χ3n) is 2.12. The summed E-state index contributed by atoms with van der Waals surface area (Å²) in [6, 6.07) is 0.488. The van der Waals surface area contributed by atoms with Crippen LogP contribution in [0.1, 0.15) is 33.6 Å². The lowest BCUT2D eigenvalue weighted by Crippen LogP contribution is -2.32. The highest BCUT2D eigenvalue weighted by atomic mass is 16.5. The van der Waals surface area contributed by atoms with Crippen LogP contribution < -0.4 is 10.6 Å². The van der Waals surface area contributed by atoms with Gasteiger partial charge in [-0.3, -0.25) is 4.79 Å². The van der Waals surface area contributed by atoms with Crippen molar-refractivity contribution in [3.8, 4) is 0 Å². The van der Waals surface area contributed by atoms with Crippen LogP contribution in [0, 0.1) is 0 Å². The molecule has 0 aliphatic carbocycles. The van der Waals surface area contributed by atoms with Gasteiger partial charge in [0.15, 0.2) is 0 Å². The molecule has 0 aromatic heterocycles. The molecule has 2 N–H and O–H groups in total. The maximum atomic E-state index is 11.3. The van der Waals surface area contributed by atoms with Crippen LogP contribution in [0.3, 0.4) is 0 Å². The topological polar surface area (TPSA) is 50.4 Å².